The summed E-state index contributed by atoms with van der Waals surface area (Å²) in [6.07, 6.45) is 1.77. The van der Waals surface area contributed by atoms with Crippen LogP contribution < -0.4 is 0 Å². The van der Waals surface area contributed by atoms with Gasteiger partial charge in [0.05, 0.1) is 12.2 Å². The van der Waals surface area contributed by atoms with Crippen molar-refractivity contribution < 1.29 is 9.84 Å². The van der Waals surface area contributed by atoms with Gasteiger partial charge in [0.1, 0.15) is 0 Å². The highest BCUT2D eigenvalue weighted by Gasteiger charge is 2.15. The molecular formula is C6H12O2. The van der Waals surface area contributed by atoms with E-state index in [0.717, 1.165) is 19.4 Å². The topological polar surface area (TPSA) is 29.5 Å². The molecule has 8 heavy (non-hydrogen) atoms. The lowest BCUT2D eigenvalue weighted by molar-refractivity contribution is -0.0340. The molecule has 0 aromatic heterocycles. The van der Waals surface area contributed by atoms with Crippen LogP contribution in [0.1, 0.15) is 19.8 Å². The summed E-state index contributed by atoms with van der Waals surface area (Å²) in [7, 11) is 0. The summed E-state index contributed by atoms with van der Waals surface area (Å²) in [4.78, 5) is 0. The third-order valence-electron chi connectivity index (χ3n) is 1.46. The van der Waals surface area contributed by atoms with E-state index in [-0.39, 0.29) is 12.2 Å². The molecule has 1 fully saturated rings. The summed E-state index contributed by atoms with van der Waals surface area (Å²) < 4.78 is 5.19. The van der Waals surface area contributed by atoms with Crippen LogP contribution in [0.15, 0.2) is 0 Å². The van der Waals surface area contributed by atoms with Gasteiger partial charge < -0.3 is 9.84 Å². The van der Waals surface area contributed by atoms with Gasteiger partial charge in [0.2, 0.25) is 0 Å². The number of aliphatic hydroxyl groups excluding tert-OH is 1. The Bertz CT molecular complexity index is 64.9. The maximum absolute atomic E-state index is 9.00. The van der Waals surface area contributed by atoms with Crippen molar-refractivity contribution in [1.82, 2.24) is 0 Å². The maximum atomic E-state index is 9.00. The van der Waals surface area contributed by atoms with Gasteiger partial charge in [-0.05, 0) is 19.8 Å². The average Bonchev–Trinajstić information content (AvgIpc) is 1.64. The summed E-state index contributed by atoms with van der Waals surface area (Å²) in [5, 5.41) is 9.00. The molecule has 0 aromatic carbocycles. The van der Waals surface area contributed by atoms with Crippen LogP contribution in [0.25, 0.3) is 0 Å². The molecule has 2 heteroatoms. The molecule has 1 rings (SSSR count). The summed E-state index contributed by atoms with van der Waals surface area (Å²) in [6, 6.07) is 0. The monoisotopic (exact) mass is 116 g/mol. The van der Waals surface area contributed by atoms with Gasteiger partial charge in [-0.1, -0.05) is 0 Å². The van der Waals surface area contributed by atoms with Gasteiger partial charge in [-0.15, -0.1) is 0 Å². The molecule has 0 aromatic rings. The minimum absolute atomic E-state index is 0.112. The molecule has 2 nitrogen and oxygen atoms in total. The van der Waals surface area contributed by atoms with Crippen molar-refractivity contribution in [2.75, 3.05) is 6.61 Å². The zero-order valence-corrected chi connectivity index (χ0v) is 5.13. The zero-order valence-electron chi connectivity index (χ0n) is 5.13. The van der Waals surface area contributed by atoms with Crippen LogP contribution in [-0.4, -0.2) is 23.9 Å². The highest BCUT2D eigenvalue weighted by atomic mass is 16.5. The average molecular weight is 116 g/mol. The predicted molar refractivity (Wildman–Crippen MR) is 30.7 cm³/mol. The van der Waals surface area contributed by atoms with E-state index in [1.54, 1.807) is 0 Å². The predicted octanol–water partition coefficient (Wildman–Crippen LogP) is 0.546. The minimum atomic E-state index is -0.112. The molecule has 0 amide bonds. The fraction of sp³-hybridized carbons (Fsp3) is 1.00. The number of rotatable bonds is 0. The Hall–Kier alpha value is -0.0800. The van der Waals surface area contributed by atoms with Gasteiger partial charge in [0, 0.05) is 6.61 Å². The van der Waals surface area contributed by atoms with Gasteiger partial charge in [-0.25, -0.2) is 0 Å². The van der Waals surface area contributed by atoms with Gasteiger partial charge in [-0.2, -0.15) is 0 Å². The van der Waals surface area contributed by atoms with Crippen LogP contribution in [0.5, 0.6) is 0 Å². The van der Waals surface area contributed by atoms with Crippen molar-refractivity contribution in [1.29, 1.82) is 0 Å². The Balaban J connectivity index is 2.23. The summed E-state index contributed by atoms with van der Waals surface area (Å²) in [6.45, 7) is 2.71. The van der Waals surface area contributed by atoms with E-state index in [9.17, 15) is 0 Å². The fourth-order valence-corrected chi connectivity index (χ4v) is 0.974. The second kappa shape index (κ2) is 2.46. The Morgan fingerprint density at radius 3 is 2.75 bits per heavy atom. The molecule has 1 N–H and O–H groups in total. The molecule has 0 radical (unpaired) electrons. The molecule has 0 bridgehead atoms. The first-order valence-electron chi connectivity index (χ1n) is 3.08. The first-order valence-corrected chi connectivity index (χ1v) is 3.08. The van der Waals surface area contributed by atoms with E-state index in [4.69, 9.17) is 9.84 Å². The standard InChI is InChI=1S/C6H12O2/c1-5-4-6(7)2-3-8-5/h5-7H,2-4H2,1H3/t5-,6-/m0/s1. The highest BCUT2D eigenvalue weighted by molar-refractivity contribution is 4.65. The highest BCUT2D eigenvalue weighted by Crippen LogP contribution is 2.11. The van der Waals surface area contributed by atoms with Crippen molar-refractivity contribution in [2.45, 2.75) is 32.0 Å². The lowest BCUT2D eigenvalue weighted by Crippen LogP contribution is -2.26. The van der Waals surface area contributed by atoms with Gasteiger partial charge >= 0.3 is 0 Å². The van der Waals surface area contributed by atoms with Crippen molar-refractivity contribution in [3.8, 4) is 0 Å². The molecule has 1 aliphatic heterocycles. The van der Waals surface area contributed by atoms with Crippen LogP contribution in [0.4, 0.5) is 0 Å². The van der Waals surface area contributed by atoms with E-state index >= 15 is 0 Å². The summed E-state index contributed by atoms with van der Waals surface area (Å²) in [5.41, 5.74) is 0. The molecule has 1 saturated heterocycles. The van der Waals surface area contributed by atoms with Crippen LogP contribution in [0.2, 0.25) is 0 Å². The molecule has 0 unspecified atom stereocenters. The first-order chi connectivity index (χ1) is 3.79. The second-order valence-electron chi connectivity index (χ2n) is 2.36. The fourth-order valence-electron chi connectivity index (χ4n) is 0.974. The SMILES string of the molecule is C[C@H]1C[C@@H](O)CCO1. The van der Waals surface area contributed by atoms with Crippen LogP contribution >= 0.6 is 0 Å². The molecule has 0 aliphatic carbocycles. The van der Waals surface area contributed by atoms with E-state index in [2.05, 4.69) is 0 Å². The van der Waals surface area contributed by atoms with Gasteiger partial charge in [-0.3, -0.25) is 0 Å². The normalized spacial score (nSPS) is 39.8. The number of aliphatic hydroxyl groups is 1. The number of hydrogen-bond donors (Lipinski definition) is 1. The van der Waals surface area contributed by atoms with E-state index in [1.165, 1.54) is 0 Å². The summed E-state index contributed by atoms with van der Waals surface area (Å²) in [5.74, 6) is 0. The maximum Gasteiger partial charge on any atom is 0.0586 e. The molecular weight excluding hydrogens is 104 g/mol. The molecule has 1 aliphatic rings. The second-order valence-corrected chi connectivity index (χ2v) is 2.36. The van der Waals surface area contributed by atoms with E-state index in [0.29, 0.717) is 0 Å². The Morgan fingerprint density at radius 2 is 2.38 bits per heavy atom. The van der Waals surface area contributed by atoms with Gasteiger partial charge in [0.15, 0.2) is 0 Å². The Labute approximate surface area is 49.5 Å². The van der Waals surface area contributed by atoms with Crippen LogP contribution in [0, 0.1) is 0 Å². The molecule has 1 heterocycles. The van der Waals surface area contributed by atoms with Crippen molar-refractivity contribution in [3.63, 3.8) is 0 Å². The third kappa shape index (κ3) is 1.46. The Morgan fingerprint density at radius 1 is 1.62 bits per heavy atom. The van der Waals surface area contributed by atoms with Crippen molar-refractivity contribution >= 4 is 0 Å². The molecule has 0 spiro atoms. The zero-order chi connectivity index (χ0) is 5.98. The van der Waals surface area contributed by atoms with E-state index < -0.39 is 0 Å². The minimum Gasteiger partial charge on any atom is -0.393 e. The molecule has 2 atom stereocenters. The first kappa shape index (κ1) is 6.05. The Kier molecular flexibility index (Phi) is 1.86. The number of ether oxygens (including phenoxy) is 1. The van der Waals surface area contributed by atoms with E-state index in [1.807, 2.05) is 6.92 Å². The van der Waals surface area contributed by atoms with Crippen molar-refractivity contribution in [3.05, 3.63) is 0 Å². The van der Waals surface area contributed by atoms with Gasteiger partial charge in [0.25, 0.3) is 0 Å². The van der Waals surface area contributed by atoms with Crippen molar-refractivity contribution in [2.24, 2.45) is 0 Å². The summed E-state index contributed by atoms with van der Waals surface area (Å²) >= 11 is 0. The van der Waals surface area contributed by atoms with Crippen LogP contribution in [0.3, 0.4) is 0 Å². The number of hydrogen-bond acceptors (Lipinski definition) is 2. The quantitative estimate of drug-likeness (QED) is 0.500. The lowest BCUT2D eigenvalue weighted by Gasteiger charge is -2.22. The smallest absolute Gasteiger partial charge is 0.0586 e. The lowest BCUT2D eigenvalue weighted by atomic mass is 10.1. The third-order valence-corrected chi connectivity index (χ3v) is 1.46. The molecule has 48 valence electrons. The largest absolute Gasteiger partial charge is 0.393 e. The van der Waals surface area contributed by atoms with Crippen LogP contribution in [-0.2, 0) is 4.74 Å². The molecule has 0 saturated carbocycles.